The largest absolute Gasteiger partial charge is 0.481 e. The highest BCUT2D eigenvalue weighted by Gasteiger charge is 2.35. The van der Waals surface area contributed by atoms with E-state index in [4.69, 9.17) is 33.0 Å². The quantitative estimate of drug-likeness (QED) is 0.157. The van der Waals surface area contributed by atoms with Gasteiger partial charge in [-0.2, -0.15) is 4.98 Å². The average Bonchev–Trinajstić information content (AvgIpc) is 3.16. The Labute approximate surface area is 212 Å². The van der Waals surface area contributed by atoms with Gasteiger partial charge in [-0.3, -0.25) is 29.4 Å². The molecule has 0 aliphatic carbocycles. The number of carbonyl (C=O) groups excluding carboxylic acids is 2. The van der Waals surface area contributed by atoms with Crippen LogP contribution in [-0.2, 0) is 41.9 Å². The number of nitrogens with one attached hydrogen (secondary N) is 1. The van der Waals surface area contributed by atoms with Crippen LogP contribution in [0.1, 0.15) is 47.8 Å². The lowest BCUT2D eigenvalue weighted by Crippen LogP contribution is -2.32. The zero-order valence-electron chi connectivity index (χ0n) is 21.3. The Morgan fingerprint density at radius 2 is 1.62 bits per heavy atom. The number of carbonyl (C=O) groups is 2. The molecule has 2 heterocycles. The number of phosphoric acid groups is 1. The van der Waals surface area contributed by atoms with Crippen LogP contribution >= 0.6 is 7.82 Å². The van der Waals surface area contributed by atoms with E-state index in [9.17, 15) is 24.1 Å². The lowest BCUT2D eigenvalue weighted by Gasteiger charge is -2.22. The number of esters is 2. The van der Waals surface area contributed by atoms with Crippen LogP contribution in [0.15, 0.2) is 28.9 Å². The van der Waals surface area contributed by atoms with E-state index >= 15 is 0 Å². The highest BCUT2D eigenvalue weighted by Crippen LogP contribution is 2.50. The summed E-state index contributed by atoms with van der Waals surface area (Å²) < 4.78 is 44.7. The number of phosphoric ester groups is 1. The maximum Gasteiger partial charge on any atom is 0.481 e. The Bertz CT molecular complexity index is 1070. The van der Waals surface area contributed by atoms with Crippen molar-refractivity contribution in [2.75, 3.05) is 25.7 Å². The minimum atomic E-state index is -4.49. The number of ether oxygens (including phenoxy) is 3. The summed E-state index contributed by atoms with van der Waals surface area (Å²) >= 11 is 0. The van der Waals surface area contributed by atoms with Gasteiger partial charge in [-0.15, -0.1) is 0 Å². The first-order valence-electron chi connectivity index (χ1n) is 11.0. The van der Waals surface area contributed by atoms with Crippen molar-refractivity contribution in [3.05, 3.63) is 34.6 Å². The van der Waals surface area contributed by atoms with E-state index in [0.717, 1.165) is 4.57 Å². The third kappa shape index (κ3) is 8.91. The topological polar surface area (TPSA) is 194 Å². The van der Waals surface area contributed by atoms with Crippen LogP contribution in [0.4, 0.5) is 5.82 Å². The first-order chi connectivity index (χ1) is 17.1. The molecule has 0 aromatic carbocycles. The molecule has 0 spiro atoms. The van der Waals surface area contributed by atoms with Crippen LogP contribution in [0, 0.1) is 10.8 Å². The zero-order valence-corrected chi connectivity index (χ0v) is 22.2. The van der Waals surface area contributed by atoms with E-state index in [-0.39, 0.29) is 11.6 Å². The molecule has 1 aromatic heterocycles. The van der Waals surface area contributed by atoms with Crippen LogP contribution in [0.5, 0.6) is 0 Å². The fourth-order valence-corrected chi connectivity index (χ4v) is 3.36. The molecular weight excluding hydrogens is 517 g/mol. The maximum atomic E-state index is 13.1. The number of aliphatic hydroxyl groups is 1. The lowest BCUT2D eigenvalue weighted by atomic mass is 9.98. The zero-order chi connectivity index (χ0) is 28.0. The summed E-state index contributed by atoms with van der Waals surface area (Å²) in [6, 6.07) is 1.26. The Morgan fingerprint density at radius 3 is 2.08 bits per heavy atom. The minimum Gasteiger partial charge on any atom is -0.469 e. The van der Waals surface area contributed by atoms with Crippen molar-refractivity contribution in [3.63, 3.8) is 0 Å². The highest BCUT2D eigenvalue weighted by molar-refractivity contribution is 7.48. The molecule has 16 heteroatoms. The Kier molecular flexibility index (Phi) is 9.99. The first kappa shape index (κ1) is 30.4. The molecule has 208 valence electrons. The summed E-state index contributed by atoms with van der Waals surface area (Å²) in [6.45, 7) is 7.48. The van der Waals surface area contributed by atoms with E-state index in [1.54, 1.807) is 47.0 Å². The minimum absolute atomic E-state index is 0.0421. The summed E-state index contributed by atoms with van der Waals surface area (Å²) in [5, 5.41) is 19.1. The molecule has 0 fully saturated rings. The third-order valence-electron chi connectivity index (χ3n) is 4.53. The van der Waals surface area contributed by atoms with Gasteiger partial charge >= 0.3 is 25.5 Å². The fraction of sp³-hybridized carbons (Fsp3) is 0.619. The van der Waals surface area contributed by atoms with Crippen molar-refractivity contribution in [2.24, 2.45) is 10.8 Å². The second-order valence-corrected chi connectivity index (χ2v) is 11.5. The molecule has 0 amide bonds. The highest BCUT2D eigenvalue weighted by atomic mass is 31.2. The van der Waals surface area contributed by atoms with Gasteiger partial charge in [-0.25, -0.2) is 18.4 Å². The number of rotatable bonds is 11. The van der Waals surface area contributed by atoms with Crippen LogP contribution < -0.4 is 11.2 Å². The lowest BCUT2D eigenvalue weighted by molar-refractivity contribution is -0.163. The molecule has 1 aliphatic rings. The summed E-state index contributed by atoms with van der Waals surface area (Å²) in [6.07, 6.45) is -0.122. The van der Waals surface area contributed by atoms with E-state index in [1.807, 2.05) is 0 Å². The number of nitrogens with zero attached hydrogens (tertiary/aromatic N) is 2. The van der Waals surface area contributed by atoms with Gasteiger partial charge in [0.15, 0.2) is 5.82 Å². The standard InChI is InChI=1S/C21H32N3O12P/c1-20(2,3)17(26)31-11-34-37(30,35-12-32-18(27)21(4,5)6)33-10-13-9-14(25)16(36-13)24-8-7-15(23-29)22-19(24)28/h7-9,14,16,25,29H,10-12H2,1-6H3,(H,22,23,28)/t14-,16-/m1/s1. The third-order valence-corrected chi connectivity index (χ3v) is 5.82. The molecule has 3 N–H and O–H groups in total. The van der Waals surface area contributed by atoms with Crippen LogP contribution in [0.2, 0.25) is 0 Å². The molecule has 15 nitrogen and oxygen atoms in total. The SMILES string of the molecule is CC(C)(C)C(=O)OCOP(=O)(OCOC(=O)C(C)(C)C)OCC1=C[C@@H](O)[C@H](n2ccc(NO)nc2=O)O1. The molecule has 0 radical (unpaired) electrons. The molecule has 37 heavy (non-hydrogen) atoms. The van der Waals surface area contributed by atoms with Crippen molar-refractivity contribution in [3.8, 4) is 0 Å². The second kappa shape index (κ2) is 12.2. The van der Waals surface area contributed by atoms with Crippen molar-refractivity contribution >= 4 is 25.6 Å². The van der Waals surface area contributed by atoms with Crippen LogP contribution in [0.3, 0.4) is 0 Å². The predicted molar refractivity (Wildman–Crippen MR) is 125 cm³/mol. The number of hydrogen-bond acceptors (Lipinski definition) is 14. The fourth-order valence-electron chi connectivity index (χ4n) is 2.49. The van der Waals surface area contributed by atoms with Crippen LogP contribution in [0.25, 0.3) is 0 Å². The molecule has 0 unspecified atom stereocenters. The maximum absolute atomic E-state index is 13.1. The average molecular weight is 549 g/mol. The van der Waals surface area contributed by atoms with Crippen molar-refractivity contribution in [1.82, 2.24) is 9.55 Å². The van der Waals surface area contributed by atoms with Gasteiger partial charge in [0.1, 0.15) is 18.5 Å². The van der Waals surface area contributed by atoms with Crippen molar-refractivity contribution < 1.29 is 52.2 Å². The summed E-state index contributed by atoms with van der Waals surface area (Å²) in [5.74, 6) is -1.45. The Hall–Kier alpha value is -2.81. The monoisotopic (exact) mass is 549 g/mol. The first-order valence-corrected chi connectivity index (χ1v) is 12.4. The number of aromatic nitrogens is 2. The molecule has 0 saturated heterocycles. The second-order valence-electron chi connectivity index (χ2n) is 9.82. The Morgan fingerprint density at radius 1 is 1.08 bits per heavy atom. The van der Waals surface area contributed by atoms with E-state index < -0.39 is 68.8 Å². The van der Waals surface area contributed by atoms with E-state index in [2.05, 4.69) is 4.98 Å². The predicted octanol–water partition coefficient (Wildman–Crippen LogP) is 2.07. The van der Waals surface area contributed by atoms with Gasteiger partial charge < -0.3 is 19.3 Å². The van der Waals surface area contributed by atoms with E-state index in [1.165, 1.54) is 18.3 Å². The Balaban J connectivity index is 2.05. The van der Waals surface area contributed by atoms with E-state index in [0.29, 0.717) is 0 Å². The van der Waals surface area contributed by atoms with Gasteiger partial charge in [0.2, 0.25) is 19.8 Å². The molecule has 1 aromatic rings. The van der Waals surface area contributed by atoms with Gasteiger partial charge in [0.05, 0.1) is 10.8 Å². The van der Waals surface area contributed by atoms with Crippen molar-refractivity contribution in [1.29, 1.82) is 0 Å². The summed E-state index contributed by atoms with van der Waals surface area (Å²) in [4.78, 5) is 39.6. The normalized spacial score (nSPS) is 18.1. The van der Waals surface area contributed by atoms with Gasteiger partial charge in [-0.1, -0.05) is 0 Å². The number of aliphatic hydroxyl groups excluding tert-OH is 1. The van der Waals surface area contributed by atoms with Crippen LogP contribution in [-0.4, -0.2) is 58.1 Å². The smallest absolute Gasteiger partial charge is 0.469 e. The molecule has 2 atom stereocenters. The molecule has 0 bridgehead atoms. The molecular formula is C21H32N3O12P. The van der Waals surface area contributed by atoms with Crippen molar-refractivity contribution in [2.45, 2.75) is 53.9 Å². The molecule has 2 rings (SSSR count). The summed E-state index contributed by atoms with van der Waals surface area (Å²) in [5.41, 5.74) is -0.828. The van der Waals surface area contributed by atoms with Gasteiger partial charge in [-0.05, 0) is 53.7 Å². The van der Waals surface area contributed by atoms with Gasteiger partial charge in [0, 0.05) is 6.20 Å². The van der Waals surface area contributed by atoms with Gasteiger partial charge in [0.25, 0.3) is 0 Å². The molecule has 1 aliphatic heterocycles. The number of hydrogen-bond donors (Lipinski definition) is 3. The summed E-state index contributed by atoms with van der Waals surface area (Å²) in [7, 11) is -4.49. The number of anilines is 1. The molecule has 0 saturated carbocycles.